The molecule has 1 aromatic rings. The van der Waals surface area contributed by atoms with Crippen LogP contribution in [-0.4, -0.2) is 9.55 Å². The van der Waals surface area contributed by atoms with Crippen LogP contribution in [0.1, 0.15) is 111 Å². The molecule has 0 saturated carbocycles. The van der Waals surface area contributed by atoms with Gasteiger partial charge in [0.15, 0.2) is 0 Å². The number of imidazole rings is 1. The Kier molecular flexibility index (Phi) is 12.0. The van der Waals surface area contributed by atoms with Gasteiger partial charge in [-0.05, 0) is 38.5 Å². The number of unbranched alkanes of at least 4 members (excludes halogenated alkanes) is 6. The van der Waals surface area contributed by atoms with Crippen LogP contribution in [0.5, 0.6) is 0 Å². The standard InChI is InChI=1S/C21H40N2.F6P/c1-5-9-13-14-18-23-20(16-11-7-3)19(15-10-6-2)22-21(23)17-12-8-4;1-7(2,3,4,5)6/h5-18H2,1-4H3;/q;-1/p+1. The summed E-state index contributed by atoms with van der Waals surface area (Å²) in [6, 6.07) is 0. The Morgan fingerprint density at radius 1 is 0.667 bits per heavy atom. The van der Waals surface area contributed by atoms with Crippen LogP contribution in [0.2, 0.25) is 0 Å². The third kappa shape index (κ3) is 17.0. The van der Waals surface area contributed by atoms with E-state index in [2.05, 4.69) is 32.3 Å². The zero-order valence-corrected chi connectivity index (χ0v) is 19.9. The van der Waals surface area contributed by atoms with Crippen molar-refractivity contribution >= 4 is 7.81 Å². The van der Waals surface area contributed by atoms with E-state index in [-0.39, 0.29) is 1.43 Å². The van der Waals surface area contributed by atoms with Gasteiger partial charge in [0.25, 0.3) is 0 Å². The average molecular weight is 467 g/mol. The first-order valence-corrected chi connectivity index (χ1v) is 13.4. The zero-order chi connectivity index (χ0) is 23.3. The molecular weight excluding hydrogens is 425 g/mol. The summed E-state index contributed by atoms with van der Waals surface area (Å²) in [6.07, 6.45) is 16.6. The number of rotatable bonds is 14. The molecule has 0 spiro atoms. The van der Waals surface area contributed by atoms with Gasteiger partial charge in [0.1, 0.15) is 5.82 Å². The molecule has 0 atom stereocenters. The topological polar surface area (TPSA) is 17.8 Å². The maximum absolute atomic E-state index is 10.7. The largest absolute Gasteiger partial charge is 1.00 e. The van der Waals surface area contributed by atoms with E-state index in [9.17, 15) is 25.2 Å². The fourth-order valence-electron chi connectivity index (χ4n) is 3.25. The summed E-state index contributed by atoms with van der Waals surface area (Å²) < 4.78 is 61.8. The molecule has 0 radical (unpaired) electrons. The Hall–Kier alpha value is -0.780. The molecule has 0 unspecified atom stereocenters. The maximum Gasteiger partial charge on any atom is 1.00 e. The molecule has 1 heterocycles. The van der Waals surface area contributed by atoms with Crippen molar-refractivity contribution in [3.8, 4) is 0 Å². The van der Waals surface area contributed by atoms with Crippen LogP contribution in [0, 0.1) is 0 Å². The summed E-state index contributed by atoms with van der Waals surface area (Å²) in [6.45, 7) is 10.3. The van der Waals surface area contributed by atoms with Gasteiger partial charge in [-0.3, -0.25) is 0 Å². The quantitative estimate of drug-likeness (QED) is 0.151. The third-order valence-electron chi connectivity index (χ3n) is 4.76. The number of aryl methyl sites for hydroxylation is 2. The molecule has 2 nitrogen and oxygen atoms in total. The van der Waals surface area contributed by atoms with Gasteiger partial charge in [0.2, 0.25) is 0 Å². The molecule has 9 heteroatoms. The molecule has 30 heavy (non-hydrogen) atoms. The van der Waals surface area contributed by atoms with Crippen molar-refractivity contribution in [3.63, 3.8) is 0 Å². The SMILES string of the molecule is CCCCCCn1c(CCCC)nc(CCCC)c1CCCC.F[P-](F)(F)(F)(F)F.[H+]. The minimum atomic E-state index is -10.7. The van der Waals surface area contributed by atoms with Crippen LogP contribution < -0.4 is 0 Å². The maximum atomic E-state index is 9.87. The second kappa shape index (κ2) is 12.3. The Balaban J connectivity index is 0. The monoisotopic (exact) mass is 466 g/mol. The Labute approximate surface area is 179 Å². The number of hydrogen-bond acceptors (Lipinski definition) is 1. The molecule has 0 aliphatic carbocycles. The molecule has 182 valence electrons. The fourth-order valence-corrected chi connectivity index (χ4v) is 3.25. The van der Waals surface area contributed by atoms with E-state index in [1.54, 1.807) is 5.69 Å². The van der Waals surface area contributed by atoms with Gasteiger partial charge in [-0.1, -0.05) is 66.2 Å². The van der Waals surface area contributed by atoms with E-state index in [1.807, 2.05) is 0 Å². The van der Waals surface area contributed by atoms with Crippen molar-refractivity contribution in [2.45, 2.75) is 118 Å². The molecule has 0 N–H and O–H groups in total. The van der Waals surface area contributed by atoms with E-state index >= 15 is 0 Å². The van der Waals surface area contributed by atoms with Crippen molar-refractivity contribution in [2.24, 2.45) is 0 Å². The molecule has 0 amide bonds. The zero-order valence-electron chi connectivity index (χ0n) is 20.0. The van der Waals surface area contributed by atoms with E-state index in [1.165, 1.54) is 95.1 Å². The van der Waals surface area contributed by atoms with Gasteiger partial charge >= 0.3 is 34.4 Å². The molecular formula is C21H41F6N2P. The van der Waals surface area contributed by atoms with Crippen LogP contribution in [0.25, 0.3) is 0 Å². The van der Waals surface area contributed by atoms with Gasteiger partial charge in [0, 0.05) is 18.7 Å². The summed E-state index contributed by atoms with van der Waals surface area (Å²) in [5.41, 5.74) is 2.99. The minimum Gasteiger partial charge on any atom is 1.00 e. The van der Waals surface area contributed by atoms with Gasteiger partial charge in [-0.25, -0.2) is 4.98 Å². The smallest absolute Gasteiger partial charge is 1.00 e. The Morgan fingerprint density at radius 2 is 1.13 bits per heavy atom. The molecule has 0 aromatic carbocycles. The van der Waals surface area contributed by atoms with E-state index in [0.717, 1.165) is 6.42 Å². The van der Waals surface area contributed by atoms with Crippen molar-refractivity contribution in [2.75, 3.05) is 0 Å². The molecule has 0 saturated heterocycles. The van der Waals surface area contributed by atoms with Crippen molar-refractivity contribution in [1.29, 1.82) is 0 Å². The third-order valence-corrected chi connectivity index (χ3v) is 4.76. The second-order valence-corrected chi connectivity index (χ2v) is 9.82. The Morgan fingerprint density at radius 3 is 1.63 bits per heavy atom. The number of nitrogens with zero attached hydrogens (tertiary/aromatic N) is 2. The number of halogens is 6. The first-order valence-electron chi connectivity index (χ1n) is 11.4. The average Bonchev–Trinajstić information content (AvgIpc) is 2.94. The van der Waals surface area contributed by atoms with Crippen LogP contribution in [0.4, 0.5) is 25.2 Å². The van der Waals surface area contributed by atoms with Crippen LogP contribution in [0.15, 0.2) is 0 Å². The molecule has 0 aliphatic rings. The van der Waals surface area contributed by atoms with Crippen molar-refractivity contribution in [3.05, 3.63) is 17.2 Å². The molecule has 0 bridgehead atoms. The summed E-state index contributed by atoms with van der Waals surface area (Å²) >= 11 is 0. The van der Waals surface area contributed by atoms with Crippen molar-refractivity contribution in [1.82, 2.24) is 9.55 Å². The summed E-state index contributed by atoms with van der Waals surface area (Å²) in [5, 5.41) is 0. The van der Waals surface area contributed by atoms with Crippen LogP contribution >= 0.6 is 7.81 Å². The molecule has 1 rings (SSSR count). The summed E-state index contributed by atoms with van der Waals surface area (Å²) in [5.74, 6) is 1.38. The molecule has 0 aliphatic heterocycles. The van der Waals surface area contributed by atoms with Crippen LogP contribution in [0.3, 0.4) is 0 Å². The fraction of sp³-hybridized carbons (Fsp3) is 0.857. The predicted molar refractivity (Wildman–Crippen MR) is 117 cm³/mol. The molecule has 1 aromatic heterocycles. The van der Waals surface area contributed by atoms with E-state index in [0.29, 0.717) is 0 Å². The molecule has 0 fully saturated rings. The minimum absolute atomic E-state index is 0. The summed E-state index contributed by atoms with van der Waals surface area (Å²) in [7, 11) is -10.7. The predicted octanol–water partition coefficient (Wildman–Crippen LogP) is 9.99. The van der Waals surface area contributed by atoms with Crippen molar-refractivity contribution < 1.29 is 26.6 Å². The van der Waals surface area contributed by atoms with Crippen LogP contribution in [-0.2, 0) is 25.8 Å². The summed E-state index contributed by atoms with van der Waals surface area (Å²) in [4.78, 5) is 5.10. The first-order chi connectivity index (χ1) is 13.7. The second-order valence-electron chi connectivity index (χ2n) is 7.90. The van der Waals surface area contributed by atoms with E-state index in [4.69, 9.17) is 4.98 Å². The number of hydrogen-bond donors (Lipinski definition) is 0. The van der Waals surface area contributed by atoms with Gasteiger partial charge < -0.3 is 4.57 Å². The normalized spacial score (nSPS) is 14.1. The number of aromatic nitrogens is 2. The Bertz CT molecular complexity index is 591. The van der Waals surface area contributed by atoms with Gasteiger partial charge in [0.05, 0.1) is 5.69 Å². The van der Waals surface area contributed by atoms with Gasteiger partial charge in [-0.15, -0.1) is 0 Å². The van der Waals surface area contributed by atoms with E-state index < -0.39 is 7.81 Å². The van der Waals surface area contributed by atoms with Gasteiger partial charge in [-0.2, -0.15) is 0 Å². The first kappa shape index (κ1) is 29.2.